The Morgan fingerprint density at radius 3 is 3.18 bits per heavy atom. The Morgan fingerprint density at radius 1 is 1.71 bits per heavy atom. The predicted molar refractivity (Wildman–Crippen MR) is 73.5 cm³/mol. The van der Waals surface area contributed by atoms with E-state index in [0.29, 0.717) is 17.8 Å². The standard InChI is InChI=1S/C11H14ClN3OS/c1-2-4-17-5-3-14-11(16)8-6-10(12)15-7-9(8)13/h2,6-7H,1,3-5,13H2,(H,14,16). The number of carbonyl (C=O) groups excluding carboxylic acids is 1. The molecule has 0 saturated heterocycles. The first-order chi connectivity index (χ1) is 8.15. The van der Waals surface area contributed by atoms with Crippen molar-refractivity contribution in [2.75, 3.05) is 23.8 Å². The predicted octanol–water partition coefficient (Wildman–Crippen LogP) is 1.97. The number of anilines is 1. The Hall–Kier alpha value is -1.20. The van der Waals surface area contributed by atoms with Crippen LogP contribution in [-0.2, 0) is 0 Å². The number of amides is 1. The minimum atomic E-state index is -0.231. The molecule has 0 unspecified atom stereocenters. The zero-order chi connectivity index (χ0) is 12.7. The van der Waals surface area contributed by atoms with E-state index in [-0.39, 0.29) is 11.1 Å². The van der Waals surface area contributed by atoms with E-state index in [1.165, 1.54) is 12.3 Å². The van der Waals surface area contributed by atoms with Gasteiger partial charge in [-0.2, -0.15) is 11.8 Å². The number of carbonyl (C=O) groups is 1. The molecule has 0 aliphatic rings. The zero-order valence-corrected chi connectivity index (χ0v) is 10.9. The summed E-state index contributed by atoms with van der Waals surface area (Å²) in [4.78, 5) is 15.5. The maximum atomic E-state index is 11.7. The molecule has 3 N–H and O–H groups in total. The van der Waals surface area contributed by atoms with Gasteiger partial charge in [0.1, 0.15) is 5.15 Å². The van der Waals surface area contributed by atoms with Crippen LogP contribution in [0.4, 0.5) is 5.69 Å². The molecule has 1 aromatic rings. The van der Waals surface area contributed by atoms with Gasteiger partial charge >= 0.3 is 0 Å². The van der Waals surface area contributed by atoms with E-state index in [0.717, 1.165) is 11.5 Å². The van der Waals surface area contributed by atoms with Gasteiger partial charge in [-0.15, -0.1) is 6.58 Å². The van der Waals surface area contributed by atoms with Crippen LogP contribution in [-0.4, -0.2) is 28.9 Å². The second kappa shape index (κ2) is 7.19. The van der Waals surface area contributed by atoms with Crippen molar-refractivity contribution in [1.29, 1.82) is 0 Å². The molecule has 0 atom stereocenters. The minimum Gasteiger partial charge on any atom is -0.397 e. The summed E-state index contributed by atoms with van der Waals surface area (Å²) in [6.45, 7) is 4.20. The molecule has 0 bridgehead atoms. The first kappa shape index (κ1) is 13.9. The van der Waals surface area contributed by atoms with Gasteiger partial charge in [-0.25, -0.2) is 4.98 Å². The molecule has 1 rings (SSSR count). The van der Waals surface area contributed by atoms with Crippen LogP contribution in [0.3, 0.4) is 0 Å². The second-order valence-corrected chi connectivity index (χ2v) is 4.75. The molecule has 0 aliphatic carbocycles. The molecule has 17 heavy (non-hydrogen) atoms. The quantitative estimate of drug-likeness (QED) is 0.472. The summed E-state index contributed by atoms with van der Waals surface area (Å²) in [5.41, 5.74) is 6.33. The lowest BCUT2D eigenvalue weighted by Crippen LogP contribution is -2.26. The number of hydrogen-bond donors (Lipinski definition) is 2. The fraction of sp³-hybridized carbons (Fsp3) is 0.273. The molecule has 0 fully saturated rings. The number of nitrogens with zero attached hydrogens (tertiary/aromatic N) is 1. The third kappa shape index (κ3) is 4.66. The van der Waals surface area contributed by atoms with E-state index in [1.807, 2.05) is 6.08 Å². The fourth-order valence-corrected chi connectivity index (χ4v) is 1.87. The maximum Gasteiger partial charge on any atom is 0.253 e. The van der Waals surface area contributed by atoms with Crippen LogP contribution in [0.2, 0.25) is 5.15 Å². The molecule has 0 aliphatic heterocycles. The summed E-state index contributed by atoms with van der Waals surface area (Å²) < 4.78 is 0. The van der Waals surface area contributed by atoms with E-state index in [1.54, 1.807) is 11.8 Å². The normalized spacial score (nSPS) is 9.94. The van der Waals surface area contributed by atoms with Crippen LogP contribution in [0.15, 0.2) is 24.9 Å². The number of nitrogen functional groups attached to an aromatic ring is 1. The van der Waals surface area contributed by atoms with Crippen LogP contribution < -0.4 is 11.1 Å². The van der Waals surface area contributed by atoms with Gasteiger partial charge in [-0.05, 0) is 6.07 Å². The Labute approximate surface area is 110 Å². The molecule has 1 heterocycles. The highest BCUT2D eigenvalue weighted by atomic mass is 35.5. The van der Waals surface area contributed by atoms with Gasteiger partial charge < -0.3 is 11.1 Å². The van der Waals surface area contributed by atoms with Gasteiger partial charge in [0.25, 0.3) is 5.91 Å². The van der Waals surface area contributed by atoms with Crippen molar-refractivity contribution in [2.45, 2.75) is 0 Å². The van der Waals surface area contributed by atoms with Crippen molar-refractivity contribution in [3.8, 4) is 0 Å². The van der Waals surface area contributed by atoms with Gasteiger partial charge in [0.2, 0.25) is 0 Å². The number of halogens is 1. The summed E-state index contributed by atoms with van der Waals surface area (Å²) in [5, 5.41) is 3.02. The van der Waals surface area contributed by atoms with Gasteiger partial charge in [-0.1, -0.05) is 17.7 Å². The molecular weight excluding hydrogens is 258 g/mol. The molecule has 6 heteroatoms. The Balaban J connectivity index is 2.46. The fourth-order valence-electron chi connectivity index (χ4n) is 1.14. The van der Waals surface area contributed by atoms with E-state index in [2.05, 4.69) is 16.9 Å². The lowest BCUT2D eigenvalue weighted by Gasteiger charge is -2.07. The van der Waals surface area contributed by atoms with Gasteiger partial charge in [0.05, 0.1) is 17.4 Å². The highest BCUT2D eigenvalue weighted by molar-refractivity contribution is 7.99. The van der Waals surface area contributed by atoms with Crippen molar-refractivity contribution < 1.29 is 4.79 Å². The van der Waals surface area contributed by atoms with Crippen LogP contribution >= 0.6 is 23.4 Å². The number of thioether (sulfide) groups is 1. The van der Waals surface area contributed by atoms with Crippen LogP contribution in [0, 0.1) is 0 Å². The van der Waals surface area contributed by atoms with E-state index < -0.39 is 0 Å². The number of rotatable bonds is 6. The summed E-state index contributed by atoms with van der Waals surface area (Å²) in [6, 6.07) is 1.46. The van der Waals surface area contributed by atoms with Crippen molar-refractivity contribution in [3.63, 3.8) is 0 Å². The van der Waals surface area contributed by atoms with Crippen LogP contribution in [0.5, 0.6) is 0 Å². The first-order valence-corrected chi connectivity index (χ1v) is 6.56. The molecule has 4 nitrogen and oxygen atoms in total. The largest absolute Gasteiger partial charge is 0.397 e. The van der Waals surface area contributed by atoms with Gasteiger partial charge in [0.15, 0.2) is 0 Å². The van der Waals surface area contributed by atoms with Gasteiger partial charge in [0, 0.05) is 18.1 Å². The monoisotopic (exact) mass is 271 g/mol. The highest BCUT2D eigenvalue weighted by Gasteiger charge is 2.10. The minimum absolute atomic E-state index is 0.231. The first-order valence-electron chi connectivity index (χ1n) is 5.03. The van der Waals surface area contributed by atoms with Gasteiger partial charge in [-0.3, -0.25) is 4.79 Å². The molecule has 0 spiro atoms. The van der Waals surface area contributed by atoms with Crippen molar-refractivity contribution in [2.24, 2.45) is 0 Å². The summed E-state index contributed by atoms with van der Waals surface area (Å²) in [6.07, 6.45) is 3.21. The van der Waals surface area contributed by atoms with Crippen LogP contribution in [0.1, 0.15) is 10.4 Å². The third-order valence-electron chi connectivity index (χ3n) is 1.91. The summed E-state index contributed by atoms with van der Waals surface area (Å²) in [5.74, 6) is 1.47. The maximum absolute atomic E-state index is 11.7. The Morgan fingerprint density at radius 2 is 2.47 bits per heavy atom. The number of nitrogens with two attached hydrogens (primary N) is 1. The third-order valence-corrected chi connectivity index (χ3v) is 3.08. The Kier molecular flexibility index (Phi) is 5.86. The summed E-state index contributed by atoms with van der Waals surface area (Å²) in [7, 11) is 0. The molecule has 0 saturated carbocycles. The van der Waals surface area contributed by atoms with Crippen molar-refractivity contribution >= 4 is 35.0 Å². The molecule has 0 aromatic carbocycles. The lowest BCUT2D eigenvalue weighted by atomic mass is 10.2. The number of nitrogens with one attached hydrogen (secondary N) is 1. The number of pyridine rings is 1. The summed E-state index contributed by atoms with van der Waals surface area (Å²) >= 11 is 7.40. The van der Waals surface area contributed by atoms with E-state index in [4.69, 9.17) is 17.3 Å². The molecule has 1 amide bonds. The highest BCUT2D eigenvalue weighted by Crippen LogP contribution is 2.14. The Bertz CT molecular complexity index is 412. The SMILES string of the molecule is C=CCSCCNC(=O)c1cc(Cl)ncc1N. The topological polar surface area (TPSA) is 68.0 Å². The lowest BCUT2D eigenvalue weighted by molar-refractivity contribution is 0.0957. The molecule has 92 valence electrons. The van der Waals surface area contributed by atoms with Crippen molar-refractivity contribution in [1.82, 2.24) is 10.3 Å². The van der Waals surface area contributed by atoms with Crippen LogP contribution in [0.25, 0.3) is 0 Å². The average molecular weight is 272 g/mol. The van der Waals surface area contributed by atoms with E-state index in [9.17, 15) is 4.79 Å². The average Bonchev–Trinajstić information content (AvgIpc) is 2.32. The zero-order valence-electron chi connectivity index (χ0n) is 9.28. The number of hydrogen-bond acceptors (Lipinski definition) is 4. The van der Waals surface area contributed by atoms with E-state index >= 15 is 0 Å². The number of aromatic nitrogens is 1. The molecular formula is C11H14ClN3OS. The molecule has 1 aromatic heterocycles. The van der Waals surface area contributed by atoms with Crippen molar-refractivity contribution in [3.05, 3.63) is 35.6 Å². The second-order valence-electron chi connectivity index (χ2n) is 3.21. The smallest absolute Gasteiger partial charge is 0.253 e. The molecule has 0 radical (unpaired) electrons.